The summed E-state index contributed by atoms with van der Waals surface area (Å²) in [4.78, 5) is 0. The van der Waals surface area contributed by atoms with Gasteiger partial charge < -0.3 is 9.88 Å². The van der Waals surface area contributed by atoms with Gasteiger partial charge in [-0.25, -0.2) is 0 Å². The van der Waals surface area contributed by atoms with E-state index >= 15 is 0 Å². The predicted octanol–water partition coefficient (Wildman–Crippen LogP) is 9.33. The first-order valence-electron chi connectivity index (χ1n) is 12.6. The average molecular weight is 477 g/mol. The molecule has 0 atom stereocenters. The summed E-state index contributed by atoms with van der Waals surface area (Å²) in [5.74, 6) is 0. The lowest BCUT2D eigenvalue weighted by Crippen LogP contribution is -1.94. The van der Waals surface area contributed by atoms with Crippen LogP contribution in [0.5, 0.6) is 0 Å². The number of nitrogens with zero attached hydrogens (tertiary/aromatic N) is 1. The van der Waals surface area contributed by atoms with Crippen LogP contribution in [0.1, 0.15) is 0 Å². The molecule has 1 N–H and O–H groups in total. The lowest BCUT2D eigenvalue weighted by molar-refractivity contribution is 1.19. The van der Waals surface area contributed by atoms with Crippen LogP contribution >= 0.6 is 0 Å². The molecule has 0 amide bonds. The predicted molar refractivity (Wildman–Crippen MR) is 160 cm³/mol. The van der Waals surface area contributed by atoms with Crippen LogP contribution in [0.15, 0.2) is 146 Å². The van der Waals surface area contributed by atoms with Gasteiger partial charge in [-0.3, -0.25) is 0 Å². The van der Waals surface area contributed by atoms with Crippen molar-refractivity contribution in [1.29, 1.82) is 0 Å². The molecule has 0 aliphatic heterocycles. The molecule has 2 heteroatoms. The van der Waals surface area contributed by atoms with Gasteiger partial charge in [0, 0.05) is 29.2 Å². The summed E-state index contributed by atoms with van der Waals surface area (Å²) < 4.78 is 2.39. The van der Waals surface area contributed by atoms with E-state index in [9.17, 15) is 0 Å². The van der Waals surface area contributed by atoms with Crippen LogP contribution in [0.3, 0.4) is 0 Å². The molecule has 7 aromatic rings. The zero-order chi connectivity index (χ0) is 25.0. The molecule has 1 aromatic heterocycles. The first-order valence-corrected chi connectivity index (χ1v) is 12.6. The van der Waals surface area contributed by atoms with E-state index in [-0.39, 0.29) is 0 Å². The van der Waals surface area contributed by atoms with Gasteiger partial charge in [-0.05, 0) is 58.3 Å². The summed E-state index contributed by atoms with van der Waals surface area (Å²) in [6.45, 7) is 0. The van der Waals surface area contributed by atoms with E-state index in [1.54, 1.807) is 0 Å². The minimum Gasteiger partial charge on any atom is -0.388 e. The lowest BCUT2D eigenvalue weighted by Gasteiger charge is -2.10. The van der Waals surface area contributed by atoms with Gasteiger partial charge in [-0.2, -0.15) is 0 Å². The lowest BCUT2D eigenvalue weighted by atomic mass is 10.0. The highest BCUT2D eigenvalue weighted by Crippen LogP contribution is 2.35. The fraction of sp³-hybridized carbons (Fsp3) is 0.0286. The number of benzene rings is 6. The summed E-state index contributed by atoms with van der Waals surface area (Å²) in [6, 6.07) is 51.4. The van der Waals surface area contributed by atoms with Crippen molar-refractivity contribution < 1.29 is 0 Å². The number of hydrogen-bond acceptors (Lipinski definition) is 1. The Morgan fingerprint density at radius 2 is 1.11 bits per heavy atom. The molecular formula is C35H28N2. The quantitative estimate of drug-likeness (QED) is 0.269. The fourth-order valence-corrected chi connectivity index (χ4v) is 4.98. The summed E-state index contributed by atoms with van der Waals surface area (Å²) in [5, 5.41) is 8.12. The van der Waals surface area contributed by atoms with Gasteiger partial charge in [0.1, 0.15) is 0 Å². The average Bonchev–Trinajstić information content (AvgIpc) is 3.32. The first kappa shape index (κ1) is 22.6. The Morgan fingerprint density at radius 3 is 1.86 bits per heavy atom. The SMILES string of the molecule is CNc1ccccc1.c1ccc(-c2ccc3c4ccccc4n(-c4ccc5ccccc5c4)c3c2)cc1. The number of aromatic nitrogens is 1. The molecule has 0 saturated heterocycles. The van der Waals surface area contributed by atoms with Gasteiger partial charge in [-0.15, -0.1) is 0 Å². The van der Waals surface area contributed by atoms with E-state index in [0.717, 1.165) is 5.69 Å². The molecule has 0 radical (unpaired) electrons. The van der Waals surface area contributed by atoms with E-state index < -0.39 is 0 Å². The second-order valence-electron chi connectivity index (χ2n) is 9.10. The molecule has 6 aromatic carbocycles. The van der Waals surface area contributed by atoms with Crippen molar-refractivity contribution in [2.45, 2.75) is 0 Å². The van der Waals surface area contributed by atoms with Crippen LogP contribution in [-0.4, -0.2) is 11.6 Å². The summed E-state index contributed by atoms with van der Waals surface area (Å²) >= 11 is 0. The van der Waals surface area contributed by atoms with Gasteiger partial charge >= 0.3 is 0 Å². The molecule has 1 heterocycles. The first-order chi connectivity index (χ1) is 18.3. The molecule has 0 bridgehead atoms. The highest BCUT2D eigenvalue weighted by Gasteiger charge is 2.13. The molecule has 0 fully saturated rings. The van der Waals surface area contributed by atoms with Crippen molar-refractivity contribution in [2.24, 2.45) is 0 Å². The van der Waals surface area contributed by atoms with Crippen molar-refractivity contribution in [2.75, 3.05) is 12.4 Å². The third-order valence-corrected chi connectivity index (χ3v) is 6.83. The Balaban J connectivity index is 0.000000272. The van der Waals surface area contributed by atoms with Crippen molar-refractivity contribution in [3.8, 4) is 16.8 Å². The van der Waals surface area contributed by atoms with E-state index in [2.05, 4.69) is 125 Å². The van der Waals surface area contributed by atoms with Crippen molar-refractivity contribution in [3.63, 3.8) is 0 Å². The maximum atomic E-state index is 3.03. The van der Waals surface area contributed by atoms with Gasteiger partial charge in [0.05, 0.1) is 11.0 Å². The van der Waals surface area contributed by atoms with Crippen molar-refractivity contribution in [1.82, 2.24) is 4.57 Å². The highest BCUT2D eigenvalue weighted by molar-refractivity contribution is 6.10. The van der Waals surface area contributed by atoms with E-state index in [1.165, 1.54) is 49.4 Å². The fourth-order valence-electron chi connectivity index (χ4n) is 4.98. The Morgan fingerprint density at radius 1 is 0.459 bits per heavy atom. The third kappa shape index (κ3) is 4.46. The van der Waals surface area contributed by atoms with Crippen molar-refractivity contribution >= 4 is 38.3 Å². The number of anilines is 1. The normalized spacial score (nSPS) is 10.8. The molecule has 2 nitrogen and oxygen atoms in total. The molecule has 7 rings (SSSR count). The number of para-hydroxylation sites is 2. The highest BCUT2D eigenvalue weighted by atomic mass is 15.0. The molecule has 0 spiro atoms. The van der Waals surface area contributed by atoms with Crippen LogP contribution in [0.2, 0.25) is 0 Å². The number of nitrogens with one attached hydrogen (secondary N) is 1. The Hall–Kier alpha value is -4.82. The zero-order valence-electron chi connectivity index (χ0n) is 20.8. The Bertz CT molecular complexity index is 1800. The molecule has 178 valence electrons. The maximum absolute atomic E-state index is 3.03. The van der Waals surface area contributed by atoms with E-state index in [1.807, 2.05) is 37.4 Å². The Kier molecular flexibility index (Phi) is 6.14. The number of fused-ring (bicyclic) bond motifs is 4. The molecule has 37 heavy (non-hydrogen) atoms. The van der Waals surface area contributed by atoms with Gasteiger partial charge in [0.2, 0.25) is 0 Å². The van der Waals surface area contributed by atoms with Crippen LogP contribution < -0.4 is 5.32 Å². The third-order valence-electron chi connectivity index (χ3n) is 6.83. The molecule has 0 unspecified atom stereocenters. The topological polar surface area (TPSA) is 17.0 Å². The smallest absolute Gasteiger partial charge is 0.0547 e. The Labute approximate surface area is 217 Å². The summed E-state index contributed by atoms with van der Waals surface area (Å²) in [7, 11) is 1.91. The monoisotopic (exact) mass is 476 g/mol. The van der Waals surface area contributed by atoms with Gasteiger partial charge in [-0.1, -0.05) is 109 Å². The second kappa shape index (κ2) is 10.0. The largest absolute Gasteiger partial charge is 0.388 e. The van der Waals surface area contributed by atoms with Crippen LogP contribution in [0.25, 0.3) is 49.4 Å². The molecule has 0 saturated carbocycles. The van der Waals surface area contributed by atoms with Crippen LogP contribution in [0, 0.1) is 0 Å². The maximum Gasteiger partial charge on any atom is 0.0547 e. The minimum atomic E-state index is 1.16. The second-order valence-corrected chi connectivity index (χ2v) is 9.10. The van der Waals surface area contributed by atoms with E-state index in [4.69, 9.17) is 0 Å². The van der Waals surface area contributed by atoms with Crippen LogP contribution in [-0.2, 0) is 0 Å². The summed E-state index contributed by atoms with van der Waals surface area (Å²) in [5.41, 5.74) is 7.31. The molecule has 0 aliphatic carbocycles. The molecular weight excluding hydrogens is 448 g/mol. The van der Waals surface area contributed by atoms with Crippen molar-refractivity contribution in [3.05, 3.63) is 146 Å². The molecule has 0 aliphatic rings. The minimum absolute atomic E-state index is 1.16. The van der Waals surface area contributed by atoms with E-state index in [0.29, 0.717) is 0 Å². The number of hydrogen-bond donors (Lipinski definition) is 1. The van der Waals surface area contributed by atoms with Gasteiger partial charge in [0.25, 0.3) is 0 Å². The zero-order valence-corrected chi connectivity index (χ0v) is 20.8. The summed E-state index contributed by atoms with van der Waals surface area (Å²) in [6.07, 6.45) is 0. The van der Waals surface area contributed by atoms with Gasteiger partial charge in [0.15, 0.2) is 0 Å². The standard InChI is InChI=1S/C28H19N.C7H9N/c1-2-8-20(9-3-1)23-15-17-26-25-12-6-7-13-27(25)29(28(26)19-23)24-16-14-21-10-4-5-11-22(21)18-24;1-8-7-5-3-2-4-6-7/h1-19H;2-6,8H,1H3. The van der Waals surface area contributed by atoms with Crippen LogP contribution in [0.4, 0.5) is 5.69 Å². The number of rotatable bonds is 3.